The Morgan fingerprint density at radius 3 is 1.40 bits per heavy atom. The van der Waals surface area contributed by atoms with Crippen molar-refractivity contribution in [2.75, 3.05) is 61.4 Å². The van der Waals surface area contributed by atoms with Crippen LogP contribution in [0.1, 0.15) is 0 Å². The van der Waals surface area contributed by atoms with E-state index in [1.165, 1.54) is 0 Å². The molecule has 1 atom stereocenters. The summed E-state index contributed by atoms with van der Waals surface area (Å²) in [5.41, 5.74) is 0. The van der Waals surface area contributed by atoms with Crippen LogP contribution in [0.2, 0.25) is 39.3 Å². The molecule has 170 valence electrons. The van der Waals surface area contributed by atoms with Crippen LogP contribution in [0.5, 0.6) is 0 Å². The van der Waals surface area contributed by atoms with Gasteiger partial charge in [-0.25, -0.2) is 0 Å². The molecule has 0 unspecified atom stereocenters. The molecule has 0 N–H and O–H groups in total. The molecule has 1 aromatic carbocycles. The molecule has 0 aliphatic carbocycles. The maximum absolute atomic E-state index is 2.59. The SMILES string of the molecule is CN(C)CCN(C)CCN(C)C.[BH3-][P@@](c1ccccc1)C([Si](C)(C)C)[Si](C)(C)C.[K+]. The molecule has 1 rings (SSSR count). The third-order valence-electron chi connectivity index (χ3n) is 4.53. The molecule has 8 heteroatoms. The molecule has 0 saturated carbocycles. The molecular weight excluding hydrogens is 443 g/mol. The summed E-state index contributed by atoms with van der Waals surface area (Å²) in [6.07, 6.45) is 0. The summed E-state index contributed by atoms with van der Waals surface area (Å²) in [5, 5.41) is 1.71. The van der Waals surface area contributed by atoms with Crippen molar-refractivity contribution < 1.29 is 51.4 Å². The summed E-state index contributed by atoms with van der Waals surface area (Å²) in [5.74, 6) is 0. The van der Waals surface area contributed by atoms with E-state index < -0.39 is 16.1 Å². The first-order chi connectivity index (χ1) is 13.2. The predicted octanol–water partition coefficient (Wildman–Crippen LogP) is 0.243. The molecular formula is C22H50BKN3PSi2. The molecule has 0 amide bonds. The Morgan fingerprint density at radius 1 is 0.733 bits per heavy atom. The molecule has 0 bridgehead atoms. The van der Waals surface area contributed by atoms with Crippen molar-refractivity contribution in [1.82, 2.24) is 14.7 Å². The maximum Gasteiger partial charge on any atom is 1.00 e. The van der Waals surface area contributed by atoms with E-state index in [4.69, 9.17) is 0 Å². The predicted molar refractivity (Wildman–Crippen MR) is 148 cm³/mol. The summed E-state index contributed by atoms with van der Waals surface area (Å²) in [4.78, 5) is 7.91. The first-order valence-electron chi connectivity index (χ1n) is 10.5. The van der Waals surface area contributed by atoms with Gasteiger partial charge in [-0.1, -0.05) is 79.8 Å². The van der Waals surface area contributed by atoms with Crippen molar-refractivity contribution in [2.45, 2.75) is 44.2 Å². The molecule has 0 spiro atoms. The molecule has 0 aromatic heterocycles. The van der Waals surface area contributed by atoms with Gasteiger partial charge in [-0.3, -0.25) is 7.80 Å². The van der Waals surface area contributed by atoms with Gasteiger partial charge in [0.05, 0.1) is 0 Å². The normalized spacial score (nSPS) is 13.3. The molecule has 0 aliphatic heterocycles. The van der Waals surface area contributed by atoms with Crippen LogP contribution >= 0.6 is 7.80 Å². The Kier molecular flexibility index (Phi) is 18.4. The number of likely N-dealkylation sites (N-methyl/N-ethyl adjacent to an activating group) is 3. The Bertz CT molecular complexity index is 526. The third-order valence-corrected chi connectivity index (χ3v) is 19.3. The largest absolute Gasteiger partial charge is 1.00 e. The Labute approximate surface area is 236 Å². The van der Waals surface area contributed by atoms with Crippen molar-refractivity contribution in [3.63, 3.8) is 0 Å². The molecule has 0 saturated heterocycles. The zero-order valence-corrected chi connectivity index (χ0v) is 27.6. The van der Waals surface area contributed by atoms with E-state index in [1.54, 1.807) is 5.30 Å². The second-order valence-electron chi connectivity index (χ2n) is 10.5. The fourth-order valence-corrected chi connectivity index (χ4v) is 18.2. The van der Waals surface area contributed by atoms with Crippen LogP contribution in [0.25, 0.3) is 0 Å². The minimum Gasteiger partial charge on any atom is -0.308 e. The minimum absolute atomic E-state index is 0. The van der Waals surface area contributed by atoms with Gasteiger partial charge in [0, 0.05) is 42.3 Å². The molecule has 30 heavy (non-hydrogen) atoms. The van der Waals surface area contributed by atoms with Gasteiger partial charge in [-0.15, -0.1) is 0 Å². The zero-order chi connectivity index (χ0) is 22.8. The van der Waals surface area contributed by atoms with Gasteiger partial charge in [0.25, 0.3) is 0 Å². The first kappa shape index (κ1) is 33.8. The smallest absolute Gasteiger partial charge is 0.308 e. The Balaban J connectivity index is 0. The van der Waals surface area contributed by atoms with Crippen LogP contribution in [0.15, 0.2) is 30.3 Å². The molecule has 1 aromatic rings. The van der Waals surface area contributed by atoms with E-state index in [9.17, 15) is 0 Å². The Hall–Kier alpha value is 1.67. The topological polar surface area (TPSA) is 9.72 Å². The fourth-order valence-electron chi connectivity index (χ4n) is 3.20. The van der Waals surface area contributed by atoms with Crippen LogP contribution < -0.4 is 56.7 Å². The average Bonchev–Trinajstić information content (AvgIpc) is 2.57. The van der Waals surface area contributed by atoms with Gasteiger partial charge in [-0.05, 0) is 42.8 Å². The van der Waals surface area contributed by atoms with E-state index in [0.29, 0.717) is 7.57 Å². The average molecular weight is 494 g/mol. The van der Waals surface area contributed by atoms with E-state index in [2.05, 4.69) is 120 Å². The number of hydrogen-bond acceptors (Lipinski definition) is 3. The summed E-state index contributed by atoms with van der Waals surface area (Å²) < 4.78 is 0. The van der Waals surface area contributed by atoms with Crippen LogP contribution in [0, 0.1) is 0 Å². The molecule has 0 radical (unpaired) electrons. The summed E-state index contributed by atoms with van der Waals surface area (Å²) in [6.45, 7) is 20.2. The molecule has 0 aliphatic rings. The monoisotopic (exact) mass is 493 g/mol. The van der Waals surface area contributed by atoms with Gasteiger partial charge in [0.2, 0.25) is 0 Å². The summed E-state index contributed by atoms with van der Waals surface area (Å²) >= 11 is 0. The van der Waals surface area contributed by atoms with E-state index in [0.717, 1.165) is 31.1 Å². The quantitative estimate of drug-likeness (QED) is 0.342. The summed E-state index contributed by atoms with van der Waals surface area (Å²) in [7, 11) is 9.28. The second-order valence-corrected chi connectivity index (χ2v) is 24.0. The van der Waals surface area contributed by atoms with E-state index >= 15 is 0 Å². The zero-order valence-electron chi connectivity index (χ0n) is 21.6. The number of rotatable bonds is 10. The molecule has 0 fully saturated rings. The minimum atomic E-state index is -1.01. The van der Waals surface area contributed by atoms with Crippen molar-refractivity contribution in [1.29, 1.82) is 0 Å². The van der Waals surface area contributed by atoms with E-state index in [-0.39, 0.29) is 59.2 Å². The van der Waals surface area contributed by atoms with Crippen molar-refractivity contribution in [2.24, 2.45) is 0 Å². The molecule has 3 nitrogen and oxygen atoms in total. The fraction of sp³-hybridized carbons (Fsp3) is 0.727. The number of benzene rings is 1. The van der Waals surface area contributed by atoms with Gasteiger partial charge in [0.1, 0.15) is 0 Å². The van der Waals surface area contributed by atoms with Crippen molar-refractivity contribution >= 4 is 36.8 Å². The Morgan fingerprint density at radius 2 is 1.10 bits per heavy atom. The van der Waals surface area contributed by atoms with Crippen LogP contribution in [0.4, 0.5) is 0 Å². The van der Waals surface area contributed by atoms with Gasteiger partial charge in [-0.2, -0.15) is 0 Å². The van der Waals surface area contributed by atoms with Crippen LogP contribution in [0.3, 0.4) is 0 Å². The summed E-state index contributed by atoms with van der Waals surface area (Å²) in [6, 6.07) is 11.4. The molecule has 0 heterocycles. The second kappa shape index (κ2) is 16.3. The van der Waals surface area contributed by atoms with Crippen molar-refractivity contribution in [3.8, 4) is 0 Å². The number of nitrogens with zero attached hydrogens (tertiary/aromatic N) is 3. The van der Waals surface area contributed by atoms with Gasteiger partial charge in [0.15, 0.2) is 0 Å². The van der Waals surface area contributed by atoms with Crippen molar-refractivity contribution in [3.05, 3.63) is 30.3 Å². The first-order valence-corrected chi connectivity index (χ1v) is 18.6. The van der Waals surface area contributed by atoms with Gasteiger partial charge >= 0.3 is 51.4 Å². The maximum atomic E-state index is 2.59. The van der Waals surface area contributed by atoms with Crippen LogP contribution in [-0.4, -0.2) is 105 Å². The standard InChI is InChI=1S/C13H27BPSi2.C9H23N3.K/c1-16(2,3)13(17(4,5)6)15(14)12-10-8-7-9-11-12;1-10(2)6-8-12(5)9-7-11(3)4;/h7-11,13H,1-6,14H3;6-9H2,1-5H3;/q-1;;+1/t15-;;/m0../s1. The third kappa shape index (κ3) is 15.5. The van der Waals surface area contributed by atoms with Gasteiger partial charge < -0.3 is 14.7 Å². The van der Waals surface area contributed by atoms with E-state index in [1.807, 2.05) is 0 Å². The number of hydrogen-bond donors (Lipinski definition) is 0. The van der Waals surface area contributed by atoms with Crippen LogP contribution in [-0.2, 0) is 0 Å².